The third kappa shape index (κ3) is 3.88. The molecule has 2 rings (SSSR count). The Kier molecular flexibility index (Phi) is 5.28. The summed E-state index contributed by atoms with van der Waals surface area (Å²) in [6, 6.07) is 9.03. The predicted molar refractivity (Wildman–Crippen MR) is 85.0 cm³/mol. The van der Waals surface area contributed by atoms with Crippen molar-refractivity contribution in [2.75, 3.05) is 0 Å². The Morgan fingerprint density at radius 3 is 2.85 bits per heavy atom. The topological polar surface area (TPSA) is 55.2 Å². The summed E-state index contributed by atoms with van der Waals surface area (Å²) in [5, 5.41) is 16.3. The molecule has 0 amide bonds. The molecule has 106 valence electrons. The molecule has 1 atom stereocenters. The van der Waals surface area contributed by atoms with Crippen molar-refractivity contribution in [2.45, 2.75) is 25.9 Å². The van der Waals surface area contributed by atoms with E-state index in [1.807, 2.05) is 11.4 Å². The number of nitrogens with one attached hydrogen (secondary N) is 1. The first-order valence-corrected chi connectivity index (χ1v) is 7.98. The number of rotatable bonds is 6. The van der Waals surface area contributed by atoms with Crippen LogP contribution >= 0.6 is 27.3 Å². The van der Waals surface area contributed by atoms with E-state index in [-0.39, 0.29) is 16.7 Å². The van der Waals surface area contributed by atoms with E-state index in [0.717, 1.165) is 23.0 Å². The normalized spacial score (nSPS) is 12.3. The maximum Gasteiger partial charge on any atom is 0.269 e. The molecule has 1 aromatic heterocycles. The molecular weight excluding hydrogens is 340 g/mol. The molecular formula is C14H15BrN2O2S. The number of halogens is 1. The van der Waals surface area contributed by atoms with Crippen molar-refractivity contribution < 1.29 is 4.92 Å². The first-order valence-electron chi connectivity index (χ1n) is 6.30. The van der Waals surface area contributed by atoms with Gasteiger partial charge in [0.2, 0.25) is 0 Å². The second-order valence-corrected chi connectivity index (χ2v) is 6.34. The summed E-state index contributed by atoms with van der Waals surface area (Å²) in [6.45, 7) is 2.83. The van der Waals surface area contributed by atoms with E-state index in [2.05, 4.69) is 34.2 Å². The molecule has 2 aromatic rings. The van der Waals surface area contributed by atoms with Gasteiger partial charge in [-0.15, -0.1) is 11.3 Å². The van der Waals surface area contributed by atoms with Crippen LogP contribution in [0, 0.1) is 10.1 Å². The highest BCUT2D eigenvalue weighted by molar-refractivity contribution is 9.10. The van der Waals surface area contributed by atoms with E-state index in [1.165, 1.54) is 10.9 Å². The second-order valence-electron chi connectivity index (χ2n) is 4.43. The lowest BCUT2D eigenvalue weighted by Crippen LogP contribution is -2.19. The van der Waals surface area contributed by atoms with Crippen molar-refractivity contribution >= 4 is 33.0 Å². The maximum absolute atomic E-state index is 10.8. The Hall–Kier alpha value is -1.24. The van der Waals surface area contributed by atoms with Crippen LogP contribution in [0.4, 0.5) is 5.69 Å². The van der Waals surface area contributed by atoms with Crippen LogP contribution in [0.2, 0.25) is 0 Å². The Morgan fingerprint density at radius 2 is 2.25 bits per heavy atom. The zero-order valence-electron chi connectivity index (χ0n) is 11.0. The lowest BCUT2D eigenvalue weighted by Gasteiger charge is -2.16. The van der Waals surface area contributed by atoms with Crippen molar-refractivity contribution in [1.82, 2.24) is 5.32 Å². The summed E-state index contributed by atoms with van der Waals surface area (Å²) in [5.74, 6) is 0. The van der Waals surface area contributed by atoms with E-state index in [0.29, 0.717) is 0 Å². The molecule has 20 heavy (non-hydrogen) atoms. The molecule has 0 aliphatic rings. The van der Waals surface area contributed by atoms with Gasteiger partial charge in [0.25, 0.3) is 5.69 Å². The van der Waals surface area contributed by atoms with Crippen molar-refractivity contribution in [3.8, 4) is 0 Å². The highest BCUT2D eigenvalue weighted by Gasteiger charge is 2.13. The molecule has 4 nitrogen and oxygen atoms in total. The summed E-state index contributed by atoms with van der Waals surface area (Å²) < 4.78 is 1.09. The van der Waals surface area contributed by atoms with Gasteiger partial charge < -0.3 is 5.32 Å². The molecule has 1 unspecified atom stereocenters. The van der Waals surface area contributed by atoms with Gasteiger partial charge in [-0.2, -0.15) is 0 Å². The third-order valence-corrected chi connectivity index (χ3v) is 4.73. The van der Waals surface area contributed by atoms with Crippen molar-refractivity contribution in [3.05, 3.63) is 60.7 Å². The molecule has 0 saturated carbocycles. The molecule has 0 bridgehead atoms. The summed E-state index contributed by atoms with van der Waals surface area (Å²) >= 11 is 5.12. The van der Waals surface area contributed by atoms with Gasteiger partial charge in [0, 0.05) is 39.4 Å². The highest BCUT2D eigenvalue weighted by Crippen LogP contribution is 2.24. The van der Waals surface area contributed by atoms with Gasteiger partial charge in [0.1, 0.15) is 0 Å². The molecule has 0 fully saturated rings. The lowest BCUT2D eigenvalue weighted by atomic mass is 10.0. The summed E-state index contributed by atoms with van der Waals surface area (Å²) in [5.41, 5.74) is 1.10. The van der Waals surface area contributed by atoms with Crippen molar-refractivity contribution in [3.63, 3.8) is 0 Å². The predicted octanol–water partition coefficient (Wildman–Crippen LogP) is 4.66. The second kappa shape index (κ2) is 6.97. The molecule has 0 saturated heterocycles. The van der Waals surface area contributed by atoms with E-state index < -0.39 is 0 Å². The van der Waals surface area contributed by atoms with Crippen LogP contribution < -0.4 is 5.32 Å². The fourth-order valence-electron chi connectivity index (χ4n) is 2.02. The van der Waals surface area contributed by atoms with E-state index in [4.69, 9.17) is 0 Å². The number of thiophene rings is 1. The Balaban J connectivity index is 2.07. The number of benzene rings is 1. The minimum atomic E-state index is -0.355. The summed E-state index contributed by atoms with van der Waals surface area (Å²) in [4.78, 5) is 11.7. The van der Waals surface area contributed by atoms with Gasteiger partial charge in [0.15, 0.2) is 0 Å². The number of hydrogen-bond acceptors (Lipinski definition) is 4. The first kappa shape index (κ1) is 15.2. The van der Waals surface area contributed by atoms with E-state index >= 15 is 0 Å². The van der Waals surface area contributed by atoms with Gasteiger partial charge in [-0.3, -0.25) is 10.1 Å². The van der Waals surface area contributed by atoms with Crippen molar-refractivity contribution in [1.29, 1.82) is 0 Å². The SMILES string of the molecule is CCC(NCc1cc(Br)cs1)c1cccc([N+](=O)[O-])c1. The van der Waals surface area contributed by atoms with Crippen LogP contribution in [0.3, 0.4) is 0 Å². The fraction of sp³-hybridized carbons (Fsp3) is 0.286. The average Bonchev–Trinajstić information content (AvgIpc) is 2.85. The Morgan fingerprint density at radius 1 is 1.45 bits per heavy atom. The summed E-state index contributed by atoms with van der Waals surface area (Å²) in [7, 11) is 0. The van der Waals surface area contributed by atoms with Gasteiger partial charge in [-0.25, -0.2) is 0 Å². The minimum Gasteiger partial charge on any atom is -0.305 e. The maximum atomic E-state index is 10.8. The highest BCUT2D eigenvalue weighted by atomic mass is 79.9. The molecule has 1 heterocycles. The quantitative estimate of drug-likeness (QED) is 0.606. The Bertz CT molecular complexity index is 600. The number of hydrogen-bond donors (Lipinski definition) is 1. The average molecular weight is 355 g/mol. The van der Waals surface area contributed by atoms with Crippen LogP contribution in [0.25, 0.3) is 0 Å². The molecule has 0 aliphatic heterocycles. The van der Waals surface area contributed by atoms with Crippen LogP contribution in [-0.4, -0.2) is 4.92 Å². The van der Waals surface area contributed by atoms with Gasteiger partial charge in [0.05, 0.1) is 4.92 Å². The van der Waals surface area contributed by atoms with Crippen molar-refractivity contribution in [2.24, 2.45) is 0 Å². The van der Waals surface area contributed by atoms with Crippen LogP contribution in [0.1, 0.15) is 29.8 Å². The smallest absolute Gasteiger partial charge is 0.269 e. The molecule has 6 heteroatoms. The molecule has 0 radical (unpaired) electrons. The number of nitro groups is 1. The van der Waals surface area contributed by atoms with Crippen LogP contribution in [0.15, 0.2) is 40.2 Å². The zero-order chi connectivity index (χ0) is 14.5. The molecule has 0 spiro atoms. The largest absolute Gasteiger partial charge is 0.305 e. The Labute approximate surface area is 130 Å². The van der Waals surface area contributed by atoms with Gasteiger partial charge in [-0.1, -0.05) is 19.1 Å². The lowest BCUT2D eigenvalue weighted by molar-refractivity contribution is -0.384. The molecule has 1 aromatic carbocycles. The van der Waals surface area contributed by atoms with Crippen LogP contribution in [0.5, 0.6) is 0 Å². The first-order chi connectivity index (χ1) is 9.60. The fourth-order valence-corrected chi connectivity index (χ4v) is 3.43. The zero-order valence-corrected chi connectivity index (χ0v) is 13.4. The minimum absolute atomic E-state index is 0.121. The number of nitro benzene ring substituents is 1. The molecule has 1 N–H and O–H groups in total. The number of nitrogens with zero attached hydrogens (tertiary/aromatic N) is 1. The molecule has 0 aliphatic carbocycles. The standard InChI is InChI=1S/C14H15BrN2O2S/c1-2-14(16-8-13-7-11(15)9-20-13)10-4-3-5-12(6-10)17(18)19/h3-7,9,14,16H,2,8H2,1H3. The van der Waals surface area contributed by atoms with Gasteiger partial charge in [-0.05, 0) is 34.0 Å². The van der Waals surface area contributed by atoms with Gasteiger partial charge >= 0.3 is 0 Å². The summed E-state index contributed by atoms with van der Waals surface area (Å²) in [6.07, 6.45) is 0.883. The van der Waals surface area contributed by atoms with E-state index in [9.17, 15) is 10.1 Å². The van der Waals surface area contributed by atoms with Crippen LogP contribution in [-0.2, 0) is 6.54 Å². The third-order valence-electron chi connectivity index (χ3n) is 3.04. The number of non-ortho nitro benzene ring substituents is 1. The monoisotopic (exact) mass is 354 g/mol. The van der Waals surface area contributed by atoms with E-state index in [1.54, 1.807) is 23.5 Å².